The number of carbonyl (C=O) groups excluding carboxylic acids is 2. The summed E-state index contributed by atoms with van der Waals surface area (Å²) in [5, 5.41) is 2.95. The minimum atomic E-state index is -4.15. The quantitative estimate of drug-likeness (QED) is 0.267. The summed E-state index contributed by atoms with van der Waals surface area (Å²) < 4.78 is 34.6. The fourth-order valence-corrected chi connectivity index (χ4v) is 5.89. The van der Waals surface area contributed by atoms with E-state index in [-0.39, 0.29) is 23.3 Å². The summed E-state index contributed by atoms with van der Waals surface area (Å²) in [5.41, 5.74) is 3.23. The number of sulfonamides is 1. The number of amides is 2. The predicted octanol–water partition coefficient (Wildman–Crippen LogP) is 5.48. The van der Waals surface area contributed by atoms with Gasteiger partial charge in [-0.25, -0.2) is 8.42 Å². The summed E-state index contributed by atoms with van der Waals surface area (Å²) in [7, 11) is -4.15. The van der Waals surface area contributed by atoms with Crippen molar-refractivity contribution in [2.45, 2.75) is 65.4 Å². The van der Waals surface area contributed by atoms with Crippen LogP contribution in [-0.2, 0) is 26.2 Å². The van der Waals surface area contributed by atoms with Crippen molar-refractivity contribution in [1.29, 1.82) is 0 Å². The highest BCUT2D eigenvalue weighted by Crippen LogP contribution is 2.26. The lowest BCUT2D eigenvalue weighted by atomic mass is 10.1. The van der Waals surface area contributed by atoms with Crippen LogP contribution < -0.4 is 14.4 Å². The van der Waals surface area contributed by atoms with Crippen LogP contribution in [0.4, 0.5) is 5.69 Å². The van der Waals surface area contributed by atoms with Gasteiger partial charge in [-0.05, 0) is 75.1 Å². The van der Waals surface area contributed by atoms with E-state index in [4.69, 9.17) is 4.74 Å². The van der Waals surface area contributed by atoms with E-state index >= 15 is 0 Å². The van der Waals surface area contributed by atoms with Crippen LogP contribution >= 0.6 is 0 Å². The lowest BCUT2D eigenvalue weighted by molar-refractivity contribution is -0.140. The molecule has 0 saturated carbocycles. The number of hydrogen-bond acceptors (Lipinski definition) is 5. The molecule has 42 heavy (non-hydrogen) atoms. The lowest BCUT2D eigenvalue weighted by Gasteiger charge is -2.33. The van der Waals surface area contributed by atoms with Crippen molar-refractivity contribution in [3.05, 3.63) is 89.5 Å². The SMILES string of the molecule is CCOc1ccc(S(=O)(=O)N(CC(=O)N(Cc2ccc(C)cc2)C(CC)C(=O)NCC(C)C)c2ccc(C)cc2)cc1. The first-order valence-corrected chi connectivity index (χ1v) is 15.8. The topological polar surface area (TPSA) is 96.0 Å². The molecule has 3 rings (SSSR count). The molecule has 9 heteroatoms. The van der Waals surface area contributed by atoms with Gasteiger partial charge in [0, 0.05) is 13.1 Å². The van der Waals surface area contributed by atoms with E-state index < -0.39 is 28.5 Å². The molecule has 0 bridgehead atoms. The lowest BCUT2D eigenvalue weighted by Crippen LogP contribution is -2.52. The van der Waals surface area contributed by atoms with Crippen molar-refractivity contribution >= 4 is 27.5 Å². The molecule has 0 aromatic heterocycles. The minimum absolute atomic E-state index is 0.0335. The number of hydrogen-bond donors (Lipinski definition) is 1. The summed E-state index contributed by atoms with van der Waals surface area (Å²) in [6.07, 6.45) is 0.373. The Morgan fingerprint density at radius 2 is 1.43 bits per heavy atom. The second-order valence-electron chi connectivity index (χ2n) is 10.8. The fourth-order valence-electron chi connectivity index (χ4n) is 4.47. The zero-order valence-electron chi connectivity index (χ0n) is 25.5. The minimum Gasteiger partial charge on any atom is -0.494 e. The molecule has 1 atom stereocenters. The maximum absolute atomic E-state index is 14.1. The smallest absolute Gasteiger partial charge is 0.264 e. The Bertz CT molecular complexity index is 1420. The first-order valence-electron chi connectivity index (χ1n) is 14.4. The van der Waals surface area contributed by atoms with Crippen molar-refractivity contribution in [2.24, 2.45) is 5.92 Å². The van der Waals surface area contributed by atoms with Crippen LogP contribution in [0.15, 0.2) is 77.7 Å². The van der Waals surface area contributed by atoms with Crippen molar-refractivity contribution in [3.63, 3.8) is 0 Å². The number of ether oxygens (including phenoxy) is 1. The van der Waals surface area contributed by atoms with Gasteiger partial charge in [-0.15, -0.1) is 0 Å². The summed E-state index contributed by atoms with van der Waals surface area (Å²) in [4.78, 5) is 29.0. The van der Waals surface area contributed by atoms with Crippen LogP contribution in [0, 0.1) is 19.8 Å². The third-order valence-corrected chi connectivity index (χ3v) is 8.66. The number of rotatable bonds is 14. The molecule has 0 aliphatic carbocycles. The van der Waals surface area contributed by atoms with Crippen molar-refractivity contribution in [1.82, 2.24) is 10.2 Å². The van der Waals surface area contributed by atoms with Crippen LogP contribution in [0.1, 0.15) is 50.8 Å². The summed E-state index contributed by atoms with van der Waals surface area (Å²) in [6, 6.07) is 20.1. The monoisotopic (exact) mass is 593 g/mol. The summed E-state index contributed by atoms with van der Waals surface area (Å²) in [6.45, 7) is 12.2. The predicted molar refractivity (Wildman–Crippen MR) is 167 cm³/mol. The van der Waals surface area contributed by atoms with Crippen LogP contribution in [0.2, 0.25) is 0 Å². The molecule has 0 saturated heterocycles. The number of nitrogens with zero attached hydrogens (tertiary/aromatic N) is 2. The molecule has 3 aromatic rings. The molecular weight excluding hydrogens is 550 g/mol. The number of anilines is 1. The van der Waals surface area contributed by atoms with E-state index in [2.05, 4.69) is 5.32 Å². The molecule has 0 fully saturated rings. The molecule has 3 aromatic carbocycles. The van der Waals surface area contributed by atoms with Gasteiger partial charge in [0.2, 0.25) is 11.8 Å². The van der Waals surface area contributed by atoms with Gasteiger partial charge in [0.05, 0.1) is 17.2 Å². The molecular formula is C33H43N3O5S. The maximum atomic E-state index is 14.1. The third kappa shape index (κ3) is 8.58. The van der Waals surface area contributed by atoms with E-state index in [1.165, 1.54) is 17.0 Å². The molecule has 0 radical (unpaired) electrons. The van der Waals surface area contributed by atoms with Crippen LogP contribution in [0.25, 0.3) is 0 Å². The second kappa shape index (κ2) is 14.9. The first kappa shape index (κ1) is 32.7. The number of nitrogens with one attached hydrogen (secondary N) is 1. The normalized spacial score (nSPS) is 12.1. The van der Waals surface area contributed by atoms with Gasteiger partial charge in [-0.1, -0.05) is 68.3 Å². The van der Waals surface area contributed by atoms with Gasteiger partial charge in [0.15, 0.2) is 0 Å². The van der Waals surface area contributed by atoms with Crippen LogP contribution in [-0.4, -0.2) is 50.9 Å². The van der Waals surface area contributed by atoms with Crippen LogP contribution in [0.5, 0.6) is 5.75 Å². The van der Waals surface area contributed by atoms with E-state index in [0.29, 0.717) is 31.0 Å². The molecule has 2 amide bonds. The van der Waals surface area contributed by atoms with Gasteiger partial charge < -0.3 is 15.0 Å². The van der Waals surface area contributed by atoms with E-state index in [1.54, 1.807) is 36.4 Å². The summed E-state index contributed by atoms with van der Waals surface area (Å²) >= 11 is 0. The van der Waals surface area contributed by atoms with Crippen molar-refractivity contribution < 1.29 is 22.7 Å². The third-order valence-electron chi connectivity index (χ3n) is 6.87. The molecule has 8 nitrogen and oxygen atoms in total. The summed E-state index contributed by atoms with van der Waals surface area (Å²) in [5.74, 6) is 0.0565. The van der Waals surface area contributed by atoms with E-state index in [0.717, 1.165) is 21.0 Å². The van der Waals surface area contributed by atoms with Crippen LogP contribution in [0.3, 0.4) is 0 Å². The molecule has 0 aliphatic heterocycles. The second-order valence-corrected chi connectivity index (χ2v) is 12.7. The van der Waals surface area contributed by atoms with E-state index in [9.17, 15) is 18.0 Å². The Morgan fingerprint density at radius 1 is 0.857 bits per heavy atom. The van der Waals surface area contributed by atoms with Crippen molar-refractivity contribution in [2.75, 3.05) is 24.0 Å². The number of aryl methyl sites for hydroxylation is 2. The zero-order valence-corrected chi connectivity index (χ0v) is 26.3. The fraction of sp³-hybridized carbons (Fsp3) is 0.394. The average molecular weight is 594 g/mol. The number of benzene rings is 3. The highest BCUT2D eigenvalue weighted by molar-refractivity contribution is 7.92. The largest absolute Gasteiger partial charge is 0.494 e. The Hall–Kier alpha value is -3.85. The maximum Gasteiger partial charge on any atom is 0.264 e. The van der Waals surface area contributed by atoms with Gasteiger partial charge in [-0.3, -0.25) is 13.9 Å². The zero-order chi connectivity index (χ0) is 30.9. The van der Waals surface area contributed by atoms with Crippen molar-refractivity contribution in [3.8, 4) is 5.75 Å². The Kier molecular flexibility index (Phi) is 11.6. The molecule has 1 unspecified atom stereocenters. The van der Waals surface area contributed by atoms with E-state index in [1.807, 2.05) is 65.8 Å². The first-order chi connectivity index (χ1) is 20.0. The van der Waals surface area contributed by atoms with Gasteiger partial charge in [-0.2, -0.15) is 0 Å². The molecule has 226 valence electrons. The Balaban J connectivity index is 2.03. The van der Waals surface area contributed by atoms with Gasteiger partial charge in [0.1, 0.15) is 18.3 Å². The van der Waals surface area contributed by atoms with Gasteiger partial charge >= 0.3 is 0 Å². The Morgan fingerprint density at radius 3 is 1.95 bits per heavy atom. The van der Waals surface area contributed by atoms with Gasteiger partial charge in [0.25, 0.3) is 10.0 Å². The number of carbonyl (C=O) groups is 2. The highest BCUT2D eigenvalue weighted by atomic mass is 32.2. The Labute approximate surface area is 250 Å². The molecule has 0 heterocycles. The molecule has 0 aliphatic rings. The average Bonchev–Trinajstić information content (AvgIpc) is 2.96. The molecule has 1 N–H and O–H groups in total. The highest BCUT2D eigenvalue weighted by Gasteiger charge is 2.33. The standard InChI is InChI=1S/C33H43N3O5S/c1-7-31(33(38)34-21-24(3)4)35(22-27-13-9-25(5)10-14-27)32(37)23-36(28-15-11-26(6)12-16-28)42(39,40)30-19-17-29(18-20-30)41-8-2/h9-20,24,31H,7-8,21-23H2,1-6H3,(H,34,38). The molecule has 0 spiro atoms.